The first-order chi connectivity index (χ1) is 15.3. The molecule has 0 aliphatic carbocycles. The van der Waals surface area contributed by atoms with Gasteiger partial charge in [-0.3, -0.25) is 0 Å². The first kappa shape index (κ1) is 22.8. The Kier molecular flexibility index (Phi) is 6.62. The van der Waals surface area contributed by atoms with Crippen LogP contribution < -0.4 is 14.3 Å². The number of methoxy groups -OCH3 is 2. The van der Waals surface area contributed by atoms with Crippen LogP contribution in [0.15, 0.2) is 51.7 Å². The predicted octanol–water partition coefficient (Wildman–Crippen LogP) is 4.44. The van der Waals surface area contributed by atoms with Crippen LogP contribution in [0, 0.1) is 0 Å². The molecular weight excluding hydrogens is 470 g/mol. The summed E-state index contributed by atoms with van der Waals surface area (Å²) in [5, 5.41) is 2.44. The van der Waals surface area contributed by atoms with E-state index >= 15 is 0 Å². The van der Waals surface area contributed by atoms with Gasteiger partial charge in [-0.15, -0.1) is 11.3 Å². The highest BCUT2D eigenvalue weighted by Crippen LogP contribution is 2.37. The molecule has 0 amide bonds. The van der Waals surface area contributed by atoms with Gasteiger partial charge in [0.05, 0.1) is 29.8 Å². The summed E-state index contributed by atoms with van der Waals surface area (Å²) in [5.41, 5.74) is 2.44. The topological polar surface area (TPSA) is 73.1 Å². The van der Waals surface area contributed by atoms with E-state index in [2.05, 4.69) is 0 Å². The number of rotatable bonds is 6. The molecule has 0 radical (unpaired) electrons. The van der Waals surface area contributed by atoms with Gasteiger partial charge in [0.25, 0.3) is 0 Å². The average molecular weight is 494 g/mol. The lowest BCUT2D eigenvalue weighted by Gasteiger charge is -2.15. The van der Waals surface area contributed by atoms with Gasteiger partial charge in [0.1, 0.15) is 17.2 Å². The molecule has 1 aromatic heterocycles. The van der Waals surface area contributed by atoms with Crippen molar-refractivity contribution in [3.8, 4) is 22.8 Å². The number of thiazole rings is 1. The molecule has 0 unspecified atom stereocenters. The number of nitrogens with zero attached hydrogens (tertiary/aromatic N) is 3. The van der Waals surface area contributed by atoms with Crippen LogP contribution in [0.5, 0.6) is 11.5 Å². The Labute approximate surface area is 196 Å². The molecule has 1 aliphatic heterocycles. The van der Waals surface area contributed by atoms with Gasteiger partial charge in [-0.25, -0.2) is 13.4 Å². The maximum absolute atomic E-state index is 12.8. The zero-order valence-electron chi connectivity index (χ0n) is 18.0. The molecule has 0 bridgehead atoms. The minimum absolute atomic E-state index is 0.323. The average Bonchev–Trinajstić information content (AvgIpc) is 3.46. The number of sulfonamides is 1. The van der Waals surface area contributed by atoms with Crippen molar-refractivity contribution in [3.05, 3.63) is 51.6 Å². The molecule has 0 atom stereocenters. The number of hydrogen-bond acceptors (Lipinski definition) is 6. The highest BCUT2D eigenvalue weighted by Gasteiger charge is 2.27. The second-order valence-electron chi connectivity index (χ2n) is 7.37. The fourth-order valence-corrected chi connectivity index (χ4v) is 6.31. The van der Waals surface area contributed by atoms with Crippen molar-refractivity contribution in [1.29, 1.82) is 0 Å². The van der Waals surface area contributed by atoms with E-state index in [1.54, 1.807) is 42.8 Å². The summed E-state index contributed by atoms with van der Waals surface area (Å²) < 4.78 is 39.8. The van der Waals surface area contributed by atoms with Crippen molar-refractivity contribution in [2.45, 2.75) is 17.7 Å². The Morgan fingerprint density at radius 2 is 1.69 bits per heavy atom. The molecular formula is C22H24ClN3O4S2. The fraction of sp³-hybridized carbons (Fsp3) is 0.318. The lowest BCUT2D eigenvalue weighted by molar-refractivity contribution is 0.404. The summed E-state index contributed by atoms with van der Waals surface area (Å²) in [6.45, 7) is 1.18. The number of ether oxygens (including phenoxy) is 2. The van der Waals surface area contributed by atoms with E-state index in [0.29, 0.717) is 40.2 Å². The van der Waals surface area contributed by atoms with Crippen molar-refractivity contribution >= 4 is 38.6 Å². The Balaban J connectivity index is 1.68. The Bertz CT molecular complexity index is 1290. The molecule has 1 aliphatic rings. The maximum Gasteiger partial charge on any atom is 0.243 e. The summed E-state index contributed by atoms with van der Waals surface area (Å²) >= 11 is 7.66. The van der Waals surface area contributed by atoms with Crippen LogP contribution in [-0.2, 0) is 17.1 Å². The molecule has 10 heteroatoms. The molecule has 3 aromatic rings. The first-order valence-corrected chi connectivity index (χ1v) is 12.8. The molecule has 0 N–H and O–H groups in total. The number of hydrogen-bond donors (Lipinski definition) is 0. The Hall–Kier alpha value is -2.33. The summed E-state index contributed by atoms with van der Waals surface area (Å²) in [6.07, 6.45) is 1.83. The zero-order chi connectivity index (χ0) is 22.9. The third-order valence-corrected chi connectivity index (χ3v) is 8.57. The van der Waals surface area contributed by atoms with Crippen molar-refractivity contribution < 1.29 is 17.9 Å². The fourth-order valence-electron chi connectivity index (χ4n) is 3.64. The predicted molar refractivity (Wildman–Crippen MR) is 126 cm³/mol. The molecule has 0 spiro atoms. The van der Waals surface area contributed by atoms with Crippen LogP contribution >= 0.6 is 22.9 Å². The van der Waals surface area contributed by atoms with E-state index in [9.17, 15) is 8.42 Å². The minimum Gasteiger partial charge on any atom is -0.495 e. The van der Waals surface area contributed by atoms with Crippen molar-refractivity contribution in [2.24, 2.45) is 12.0 Å². The van der Waals surface area contributed by atoms with Crippen LogP contribution in [-0.4, -0.2) is 44.6 Å². The lowest BCUT2D eigenvalue weighted by Crippen LogP contribution is -2.27. The van der Waals surface area contributed by atoms with E-state index in [0.717, 1.165) is 28.9 Å². The van der Waals surface area contributed by atoms with Gasteiger partial charge >= 0.3 is 0 Å². The number of halogens is 1. The van der Waals surface area contributed by atoms with Gasteiger partial charge in [-0.1, -0.05) is 23.7 Å². The van der Waals surface area contributed by atoms with E-state index in [-0.39, 0.29) is 0 Å². The summed E-state index contributed by atoms with van der Waals surface area (Å²) in [7, 11) is 1.60. The van der Waals surface area contributed by atoms with Crippen LogP contribution in [0.25, 0.3) is 11.3 Å². The zero-order valence-corrected chi connectivity index (χ0v) is 20.4. The van der Waals surface area contributed by atoms with Gasteiger partial charge in [0.15, 0.2) is 4.80 Å². The molecule has 1 saturated heterocycles. The maximum atomic E-state index is 12.8. The summed E-state index contributed by atoms with van der Waals surface area (Å²) in [6, 6.07) is 10.4. The van der Waals surface area contributed by atoms with Gasteiger partial charge in [0.2, 0.25) is 10.0 Å². The molecule has 4 rings (SSSR count). The minimum atomic E-state index is -3.43. The Morgan fingerprint density at radius 3 is 2.31 bits per heavy atom. The quantitative estimate of drug-likeness (QED) is 0.509. The largest absolute Gasteiger partial charge is 0.495 e. The molecule has 32 heavy (non-hydrogen) atoms. The van der Waals surface area contributed by atoms with Crippen molar-refractivity contribution in [2.75, 3.05) is 27.3 Å². The number of benzene rings is 2. The van der Waals surface area contributed by atoms with Crippen molar-refractivity contribution in [3.63, 3.8) is 0 Å². The molecule has 1 fully saturated rings. The van der Waals surface area contributed by atoms with Crippen molar-refractivity contribution in [1.82, 2.24) is 8.87 Å². The van der Waals surface area contributed by atoms with Gasteiger partial charge in [-0.05, 0) is 30.5 Å². The van der Waals surface area contributed by atoms with Crippen LogP contribution in [0.1, 0.15) is 12.8 Å². The van der Waals surface area contributed by atoms with Crippen LogP contribution in [0.4, 0.5) is 5.69 Å². The standard InChI is InChI=1S/C22H24ClN3O4S2/c1-25-19(15-6-8-16(9-7-15)32(27,28)26-10-4-5-11-26)14-31-22(25)24-18-13-20(29-2)17(23)12-21(18)30-3/h6-9,12-14H,4-5,10-11H2,1-3H3. The second kappa shape index (κ2) is 9.27. The van der Waals surface area contributed by atoms with E-state index in [4.69, 9.17) is 26.1 Å². The molecule has 170 valence electrons. The third kappa shape index (κ3) is 4.30. The van der Waals surface area contributed by atoms with Gasteiger partial charge in [-0.2, -0.15) is 4.31 Å². The molecule has 0 saturated carbocycles. The monoisotopic (exact) mass is 493 g/mol. The second-order valence-corrected chi connectivity index (χ2v) is 10.6. The highest BCUT2D eigenvalue weighted by molar-refractivity contribution is 7.89. The molecule has 2 aromatic carbocycles. The smallest absolute Gasteiger partial charge is 0.243 e. The van der Waals surface area contributed by atoms with Gasteiger partial charge in [0, 0.05) is 37.6 Å². The third-order valence-electron chi connectivity index (χ3n) is 5.45. The molecule has 7 nitrogen and oxygen atoms in total. The summed E-state index contributed by atoms with van der Waals surface area (Å²) in [5.74, 6) is 1.06. The Morgan fingerprint density at radius 1 is 1.03 bits per heavy atom. The van der Waals surface area contributed by atoms with E-state index < -0.39 is 10.0 Å². The van der Waals surface area contributed by atoms with E-state index in [1.165, 1.54) is 11.3 Å². The first-order valence-electron chi connectivity index (χ1n) is 10.1. The van der Waals surface area contributed by atoms with Crippen LogP contribution in [0.3, 0.4) is 0 Å². The SMILES string of the molecule is COc1cc(N=c2scc(-c3ccc(S(=O)(=O)N4CCCC4)cc3)n2C)c(OC)cc1Cl. The lowest BCUT2D eigenvalue weighted by atomic mass is 10.2. The normalized spacial score (nSPS) is 15.3. The van der Waals surface area contributed by atoms with Crippen LogP contribution in [0.2, 0.25) is 5.02 Å². The van der Waals surface area contributed by atoms with E-state index in [1.807, 2.05) is 29.1 Å². The summed E-state index contributed by atoms with van der Waals surface area (Å²) in [4.78, 5) is 5.80. The molecule has 2 heterocycles. The highest BCUT2D eigenvalue weighted by atomic mass is 35.5. The van der Waals surface area contributed by atoms with Gasteiger partial charge < -0.3 is 14.0 Å². The number of aromatic nitrogens is 1.